The molecule has 2 aromatic rings. The maximum atomic E-state index is 4.03. The number of rotatable bonds is 6. The summed E-state index contributed by atoms with van der Waals surface area (Å²) in [5.74, 6) is 0. The average molecular weight is 320 g/mol. The second-order valence-electron chi connectivity index (χ2n) is 4.53. The number of pyridine rings is 1. The van der Waals surface area contributed by atoms with E-state index in [1.807, 2.05) is 24.5 Å². The van der Waals surface area contributed by atoms with E-state index < -0.39 is 0 Å². The van der Waals surface area contributed by atoms with Crippen molar-refractivity contribution in [3.63, 3.8) is 0 Å². The Balaban J connectivity index is 1.73. The van der Waals surface area contributed by atoms with E-state index in [4.69, 9.17) is 0 Å². The van der Waals surface area contributed by atoms with Crippen LogP contribution < -0.4 is 5.32 Å². The maximum absolute atomic E-state index is 4.03. The van der Waals surface area contributed by atoms with Gasteiger partial charge >= 0.3 is 0 Å². The van der Waals surface area contributed by atoms with Crippen molar-refractivity contribution in [2.45, 2.75) is 6.54 Å². The molecule has 0 aliphatic heterocycles. The van der Waals surface area contributed by atoms with Gasteiger partial charge in [-0.15, -0.1) is 0 Å². The molecule has 0 fully saturated rings. The molecule has 1 aromatic heterocycles. The topological polar surface area (TPSA) is 28.2 Å². The second-order valence-corrected chi connectivity index (χ2v) is 5.45. The standard InChI is InChI=1S/C15H18BrN3/c1-19(12-13-5-7-17-8-6-13)10-9-18-15-4-2-3-14(16)11-15/h2-8,11,18H,9-10,12H2,1H3. The molecule has 100 valence electrons. The first-order valence-corrected chi connectivity index (χ1v) is 7.10. The summed E-state index contributed by atoms with van der Waals surface area (Å²) in [4.78, 5) is 6.32. The van der Waals surface area contributed by atoms with Crippen LogP contribution in [0.15, 0.2) is 53.3 Å². The quantitative estimate of drug-likeness (QED) is 0.884. The lowest BCUT2D eigenvalue weighted by Gasteiger charge is -2.17. The summed E-state index contributed by atoms with van der Waals surface area (Å²) in [6.45, 7) is 2.87. The Morgan fingerprint density at radius 2 is 2.00 bits per heavy atom. The molecule has 0 amide bonds. The number of nitrogens with one attached hydrogen (secondary N) is 1. The highest BCUT2D eigenvalue weighted by atomic mass is 79.9. The van der Waals surface area contributed by atoms with E-state index in [1.54, 1.807) is 0 Å². The highest BCUT2D eigenvalue weighted by molar-refractivity contribution is 9.10. The molecule has 0 bridgehead atoms. The third kappa shape index (κ3) is 5.01. The fraction of sp³-hybridized carbons (Fsp3) is 0.267. The van der Waals surface area contributed by atoms with Gasteiger partial charge in [0, 0.05) is 42.2 Å². The summed E-state index contributed by atoms with van der Waals surface area (Å²) in [5.41, 5.74) is 2.44. The summed E-state index contributed by atoms with van der Waals surface area (Å²) >= 11 is 3.47. The Bertz CT molecular complexity index is 502. The van der Waals surface area contributed by atoms with Crippen LogP contribution in [0.4, 0.5) is 5.69 Å². The molecule has 0 atom stereocenters. The lowest BCUT2D eigenvalue weighted by Crippen LogP contribution is -2.24. The van der Waals surface area contributed by atoms with Crippen LogP contribution in [-0.2, 0) is 6.54 Å². The largest absolute Gasteiger partial charge is 0.384 e. The SMILES string of the molecule is CN(CCNc1cccc(Br)c1)Cc1ccncc1. The third-order valence-electron chi connectivity index (χ3n) is 2.85. The molecule has 1 N–H and O–H groups in total. The molecule has 3 nitrogen and oxygen atoms in total. The Morgan fingerprint density at radius 1 is 1.21 bits per heavy atom. The number of hydrogen-bond acceptors (Lipinski definition) is 3. The molecule has 0 spiro atoms. The maximum Gasteiger partial charge on any atom is 0.0351 e. The fourth-order valence-electron chi connectivity index (χ4n) is 1.87. The molecule has 19 heavy (non-hydrogen) atoms. The fourth-order valence-corrected chi connectivity index (χ4v) is 2.27. The van der Waals surface area contributed by atoms with Gasteiger partial charge < -0.3 is 10.2 Å². The van der Waals surface area contributed by atoms with E-state index in [9.17, 15) is 0 Å². The molecular weight excluding hydrogens is 302 g/mol. The van der Waals surface area contributed by atoms with Crippen molar-refractivity contribution in [1.82, 2.24) is 9.88 Å². The van der Waals surface area contributed by atoms with Crippen LogP contribution in [0.5, 0.6) is 0 Å². The van der Waals surface area contributed by atoms with Gasteiger partial charge in [0.05, 0.1) is 0 Å². The predicted molar refractivity (Wildman–Crippen MR) is 83.2 cm³/mol. The molecule has 4 heteroatoms. The molecule has 0 aliphatic rings. The highest BCUT2D eigenvalue weighted by Gasteiger charge is 2.00. The van der Waals surface area contributed by atoms with E-state index in [0.29, 0.717) is 0 Å². The molecule has 2 rings (SSSR count). The van der Waals surface area contributed by atoms with E-state index in [-0.39, 0.29) is 0 Å². The molecule has 1 aromatic carbocycles. The molecule has 0 saturated carbocycles. The Morgan fingerprint density at radius 3 is 2.74 bits per heavy atom. The summed E-state index contributed by atoms with van der Waals surface area (Å²) in [5, 5.41) is 3.42. The van der Waals surface area contributed by atoms with Crippen LogP contribution in [0.2, 0.25) is 0 Å². The Labute approximate surface area is 122 Å². The first kappa shape index (κ1) is 14.0. The lowest BCUT2D eigenvalue weighted by atomic mass is 10.2. The molecule has 0 saturated heterocycles. The van der Waals surface area contributed by atoms with Gasteiger partial charge in [0.15, 0.2) is 0 Å². The Hall–Kier alpha value is -1.39. The van der Waals surface area contributed by atoms with Crippen LogP contribution in [0, 0.1) is 0 Å². The van der Waals surface area contributed by atoms with Crippen LogP contribution in [0.1, 0.15) is 5.56 Å². The average Bonchev–Trinajstić information content (AvgIpc) is 2.40. The number of halogens is 1. The predicted octanol–water partition coefficient (Wildman–Crippen LogP) is 3.39. The minimum absolute atomic E-state index is 0.929. The van der Waals surface area contributed by atoms with Gasteiger partial charge in [0.1, 0.15) is 0 Å². The molecule has 0 radical (unpaired) electrons. The number of likely N-dealkylation sites (N-methyl/N-ethyl adjacent to an activating group) is 1. The summed E-state index contributed by atoms with van der Waals surface area (Å²) in [6, 6.07) is 12.3. The van der Waals surface area contributed by atoms with Crippen LogP contribution >= 0.6 is 15.9 Å². The van der Waals surface area contributed by atoms with Crippen molar-refractivity contribution < 1.29 is 0 Å². The van der Waals surface area contributed by atoms with Crippen molar-refractivity contribution in [3.8, 4) is 0 Å². The van der Waals surface area contributed by atoms with Gasteiger partial charge in [0.25, 0.3) is 0 Å². The molecule has 1 heterocycles. The molecule has 0 unspecified atom stereocenters. The van der Waals surface area contributed by atoms with Crippen LogP contribution in [0.3, 0.4) is 0 Å². The van der Waals surface area contributed by atoms with Gasteiger partial charge in [-0.2, -0.15) is 0 Å². The van der Waals surface area contributed by atoms with Crippen molar-refractivity contribution in [2.75, 3.05) is 25.5 Å². The summed E-state index contributed by atoms with van der Waals surface area (Å²) < 4.78 is 1.10. The third-order valence-corrected chi connectivity index (χ3v) is 3.34. The zero-order chi connectivity index (χ0) is 13.5. The minimum Gasteiger partial charge on any atom is -0.384 e. The highest BCUT2D eigenvalue weighted by Crippen LogP contribution is 2.15. The summed E-state index contributed by atoms with van der Waals surface area (Å²) in [7, 11) is 2.13. The number of hydrogen-bond donors (Lipinski definition) is 1. The smallest absolute Gasteiger partial charge is 0.0351 e. The van der Waals surface area contributed by atoms with Gasteiger partial charge in [0.2, 0.25) is 0 Å². The zero-order valence-electron chi connectivity index (χ0n) is 11.0. The monoisotopic (exact) mass is 319 g/mol. The van der Waals surface area contributed by atoms with E-state index in [1.165, 1.54) is 5.56 Å². The van der Waals surface area contributed by atoms with Gasteiger partial charge in [-0.3, -0.25) is 4.98 Å². The number of benzene rings is 1. The second kappa shape index (κ2) is 7.26. The first-order chi connectivity index (χ1) is 9.24. The zero-order valence-corrected chi connectivity index (χ0v) is 12.6. The molecule has 0 aliphatic carbocycles. The lowest BCUT2D eigenvalue weighted by molar-refractivity contribution is 0.340. The minimum atomic E-state index is 0.929. The molecular formula is C15H18BrN3. The van der Waals surface area contributed by atoms with Crippen molar-refractivity contribution in [3.05, 3.63) is 58.8 Å². The number of aromatic nitrogens is 1. The van der Waals surface area contributed by atoms with Crippen LogP contribution in [0.25, 0.3) is 0 Å². The number of nitrogens with zero attached hydrogens (tertiary/aromatic N) is 2. The van der Waals surface area contributed by atoms with Crippen molar-refractivity contribution in [1.29, 1.82) is 0 Å². The Kier molecular flexibility index (Phi) is 5.36. The van der Waals surface area contributed by atoms with Crippen molar-refractivity contribution in [2.24, 2.45) is 0 Å². The van der Waals surface area contributed by atoms with E-state index in [2.05, 4.69) is 62.4 Å². The number of anilines is 1. The van der Waals surface area contributed by atoms with Crippen molar-refractivity contribution >= 4 is 21.6 Å². The van der Waals surface area contributed by atoms with E-state index in [0.717, 1.165) is 29.8 Å². The normalized spacial score (nSPS) is 10.7. The first-order valence-electron chi connectivity index (χ1n) is 6.31. The van der Waals surface area contributed by atoms with Gasteiger partial charge in [-0.25, -0.2) is 0 Å². The van der Waals surface area contributed by atoms with Crippen LogP contribution in [-0.4, -0.2) is 30.0 Å². The van der Waals surface area contributed by atoms with Gasteiger partial charge in [-0.1, -0.05) is 22.0 Å². The summed E-state index contributed by atoms with van der Waals surface area (Å²) in [6.07, 6.45) is 3.67. The van der Waals surface area contributed by atoms with Gasteiger partial charge in [-0.05, 0) is 42.9 Å². The van der Waals surface area contributed by atoms with E-state index >= 15 is 0 Å².